The Bertz CT molecular complexity index is 383. The first-order valence-electron chi connectivity index (χ1n) is 5.24. The quantitative estimate of drug-likeness (QED) is 0.857. The molecule has 1 aliphatic rings. The topological polar surface area (TPSA) is 24.1 Å². The molecule has 1 fully saturated rings. The van der Waals surface area contributed by atoms with E-state index in [2.05, 4.69) is 10.6 Å². The van der Waals surface area contributed by atoms with Crippen LogP contribution in [0.25, 0.3) is 0 Å². The van der Waals surface area contributed by atoms with Crippen LogP contribution in [0.2, 0.25) is 5.02 Å². The van der Waals surface area contributed by atoms with Gasteiger partial charge in [0.25, 0.3) is 0 Å². The maximum atomic E-state index is 13.0. The summed E-state index contributed by atoms with van der Waals surface area (Å²) >= 11 is 5.70. The Morgan fingerprint density at radius 3 is 2.12 bits per heavy atom. The fraction of sp³-hybridized carbons (Fsp3) is 0.455. The van der Waals surface area contributed by atoms with Gasteiger partial charge in [-0.3, -0.25) is 10.6 Å². The zero-order valence-electron chi connectivity index (χ0n) is 8.94. The van der Waals surface area contributed by atoms with Gasteiger partial charge >= 0.3 is 6.18 Å². The highest BCUT2D eigenvalue weighted by molar-refractivity contribution is 6.30. The van der Waals surface area contributed by atoms with Gasteiger partial charge in [0.2, 0.25) is 0 Å². The van der Waals surface area contributed by atoms with E-state index in [9.17, 15) is 13.2 Å². The molecule has 0 unspecified atom stereocenters. The van der Waals surface area contributed by atoms with Crippen LogP contribution in [0, 0.1) is 0 Å². The van der Waals surface area contributed by atoms with Gasteiger partial charge in [0.05, 0.1) is 0 Å². The molecule has 2 N–H and O–H groups in total. The Labute approximate surface area is 102 Å². The lowest BCUT2D eigenvalue weighted by Crippen LogP contribution is -2.62. The molecule has 0 bridgehead atoms. The van der Waals surface area contributed by atoms with Crippen molar-refractivity contribution >= 4 is 11.6 Å². The molecule has 1 heterocycles. The molecule has 0 atom stereocenters. The lowest BCUT2D eigenvalue weighted by Gasteiger charge is -2.32. The molecule has 0 saturated carbocycles. The van der Waals surface area contributed by atoms with Crippen LogP contribution in [-0.4, -0.2) is 24.9 Å². The van der Waals surface area contributed by atoms with Gasteiger partial charge in [0.15, 0.2) is 5.66 Å². The Morgan fingerprint density at radius 1 is 1.12 bits per heavy atom. The summed E-state index contributed by atoms with van der Waals surface area (Å²) in [6.07, 6.45) is -4.48. The minimum Gasteiger partial charge on any atom is -0.290 e. The van der Waals surface area contributed by atoms with Gasteiger partial charge in [-0.05, 0) is 17.7 Å². The molecule has 6 heteroatoms. The SMILES string of the molecule is FC(F)(F)C1(Cc2ccc(Cl)cc2)NCCN1. The predicted octanol–water partition coefficient (Wildman–Crippen LogP) is 2.33. The molecule has 2 nitrogen and oxygen atoms in total. The standard InChI is InChI=1S/C11H12ClF3N2/c12-9-3-1-8(2-4-9)7-10(11(13,14)15)16-5-6-17-10/h1-4,16-17H,5-7H2. The van der Waals surface area contributed by atoms with Crippen molar-refractivity contribution in [3.63, 3.8) is 0 Å². The molecule has 1 aromatic rings. The second-order valence-corrected chi connectivity index (χ2v) is 4.50. The normalized spacial score (nSPS) is 19.5. The number of benzene rings is 1. The third-order valence-corrected chi connectivity index (χ3v) is 3.10. The highest BCUT2D eigenvalue weighted by Gasteiger charge is 2.56. The summed E-state index contributed by atoms with van der Waals surface area (Å²) in [5.74, 6) is 0. The number of rotatable bonds is 2. The molecule has 2 rings (SSSR count). The van der Waals surface area contributed by atoms with Crippen molar-refractivity contribution in [1.82, 2.24) is 10.6 Å². The van der Waals surface area contributed by atoms with Crippen LogP contribution in [0.4, 0.5) is 13.2 Å². The maximum absolute atomic E-state index is 13.0. The molecule has 0 aliphatic carbocycles. The Balaban J connectivity index is 2.22. The fourth-order valence-corrected chi connectivity index (χ4v) is 2.07. The van der Waals surface area contributed by atoms with Crippen molar-refractivity contribution in [2.75, 3.05) is 13.1 Å². The van der Waals surface area contributed by atoms with Crippen molar-refractivity contribution < 1.29 is 13.2 Å². The van der Waals surface area contributed by atoms with Gasteiger partial charge in [-0.15, -0.1) is 0 Å². The van der Waals surface area contributed by atoms with Crippen LogP contribution >= 0.6 is 11.6 Å². The maximum Gasteiger partial charge on any atom is 0.420 e. The fourth-order valence-electron chi connectivity index (χ4n) is 1.95. The summed E-state index contributed by atoms with van der Waals surface area (Å²) < 4.78 is 39.1. The second kappa shape index (κ2) is 4.48. The molecular weight excluding hydrogens is 253 g/mol. The van der Waals surface area contributed by atoms with E-state index >= 15 is 0 Å². The van der Waals surface area contributed by atoms with Crippen molar-refractivity contribution in [1.29, 1.82) is 0 Å². The summed E-state index contributed by atoms with van der Waals surface area (Å²) in [5, 5.41) is 5.52. The van der Waals surface area contributed by atoms with Crippen LogP contribution in [-0.2, 0) is 6.42 Å². The molecule has 17 heavy (non-hydrogen) atoms. The van der Waals surface area contributed by atoms with Gasteiger partial charge in [-0.25, -0.2) is 0 Å². The van der Waals surface area contributed by atoms with Crippen molar-refractivity contribution in [3.05, 3.63) is 34.9 Å². The van der Waals surface area contributed by atoms with E-state index in [-0.39, 0.29) is 6.42 Å². The van der Waals surface area contributed by atoms with Crippen molar-refractivity contribution in [2.45, 2.75) is 18.3 Å². The number of nitrogens with one attached hydrogen (secondary N) is 2. The Kier molecular flexibility index (Phi) is 3.34. The monoisotopic (exact) mass is 264 g/mol. The molecule has 0 aromatic heterocycles. The smallest absolute Gasteiger partial charge is 0.290 e. The third-order valence-electron chi connectivity index (χ3n) is 2.85. The van der Waals surface area contributed by atoms with E-state index in [1.54, 1.807) is 24.3 Å². The highest BCUT2D eigenvalue weighted by Crippen LogP contribution is 2.33. The van der Waals surface area contributed by atoms with Crippen LogP contribution in [0.15, 0.2) is 24.3 Å². The first-order chi connectivity index (χ1) is 7.93. The number of halogens is 4. The molecule has 1 aliphatic heterocycles. The molecule has 0 spiro atoms. The summed E-state index contributed by atoms with van der Waals surface area (Å²) in [7, 11) is 0. The lowest BCUT2D eigenvalue weighted by molar-refractivity contribution is -0.199. The van der Waals surface area contributed by atoms with Crippen LogP contribution in [0.5, 0.6) is 0 Å². The summed E-state index contributed by atoms with van der Waals surface area (Å²) in [4.78, 5) is 0. The van der Waals surface area contributed by atoms with Gasteiger partial charge in [0, 0.05) is 24.5 Å². The minimum absolute atomic E-state index is 0.145. The molecule has 1 saturated heterocycles. The first-order valence-corrected chi connectivity index (χ1v) is 5.62. The highest BCUT2D eigenvalue weighted by atomic mass is 35.5. The van der Waals surface area contributed by atoms with E-state index in [0.29, 0.717) is 23.7 Å². The van der Waals surface area contributed by atoms with E-state index in [1.165, 1.54) is 0 Å². The number of alkyl halides is 3. The van der Waals surface area contributed by atoms with Crippen LogP contribution in [0.3, 0.4) is 0 Å². The van der Waals surface area contributed by atoms with E-state index in [4.69, 9.17) is 11.6 Å². The molecule has 1 aromatic carbocycles. The first kappa shape index (κ1) is 12.7. The average molecular weight is 265 g/mol. The van der Waals surface area contributed by atoms with E-state index in [0.717, 1.165) is 0 Å². The zero-order valence-corrected chi connectivity index (χ0v) is 9.70. The zero-order chi connectivity index (χ0) is 12.5. The second-order valence-electron chi connectivity index (χ2n) is 4.06. The van der Waals surface area contributed by atoms with Gasteiger partial charge in [0.1, 0.15) is 0 Å². The lowest BCUT2D eigenvalue weighted by atomic mass is 10.00. The van der Waals surface area contributed by atoms with Crippen molar-refractivity contribution in [2.24, 2.45) is 0 Å². The predicted molar refractivity (Wildman–Crippen MR) is 59.9 cm³/mol. The molecular formula is C11H12ClF3N2. The van der Waals surface area contributed by atoms with Gasteiger partial charge < -0.3 is 0 Å². The van der Waals surface area contributed by atoms with E-state index in [1.807, 2.05) is 0 Å². The Morgan fingerprint density at radius 2 is 1.65 bits per heavy atom. The Hall–Kier alpha value is -0.780. The minimum atomic E-state index is -4.33. The number of hydrogen-bond acceptors (Lipinski definition) is 2. The largest absolute Gasteiger partial charge is 0.420 e. The van der Waals surface area contributed by atoms with Crippen molar-refractivity contribution in [3.8, 4) is 0 Å². The van der Waals surface area contributed by atoms with Crippen LogP contribution in [0.1, 0.15) is 5.56 Å². The summed E-state index contributed by atoms with van der Waals surface area (Å²) in [5.41, 5.74) is -1.42. The van der Waals surface area contributed by atoms with Gasteiger partial charge in [-0.1, -0.05) is 23.7 Å². The summed E-state index contributed by atoms with van der Waals surface area (Å²) in [6, 6.07) is 6.40. The van der Waals surface area contributed by atoms with Crippen LogP contribution < -0.4 is 10.6 Å². The van der Waals surface area contributed by atoms with Gasteiger partial charge in [-0.2, -0.15) is 13.2 Å². The average Bonchev–Trinajstić information content (AvgIpc) is 2.70. The molecule has 0 amide bonds. The summed E-state index contributed by atoms with van der Waals surface area (Å²) in [6.45, 7) is 0.625. The third kappa shape index (κ3) is 2.56. The molecule has 94 valence electrons. The van der Waals surface area contributed by atoms with E-state index < -0.39 is 11.8 Å². The molecule has 0 radical (unpaired) electrons. The number of hydrogen-bond donors (Lipinski definition) is 2.